The quantitative estimate of drug-likeness (QED) is 0.672. The lowest BCUT2D eigenvalue weighted by molar-refractivity contribution is -0.116. The molecule has 1 aromatic heterocycles. The zero-order valence-electron chi connectivity index (χ0n) is 7.31. The van der Waals surface area contributed by atoms with E-state index in [0.29, 0.717) is 17.4 Å². The molecule has 6 heteroatoms. The van der Waals surface area contributed by atoms with E-state index in [-0.39, 0.29) is 5.91 Å². The standard InChI is InChI=1S/C7H8N4OS/c1-4-3-6(12)11(9-4)7-8-5(2)10-13-7/h3H2,1-2H3. The molecule has 0 radical (unpaired) electrons. The van der Waals surface area contributed by atoms with E-state index in [0.717, 1.165) is 5.71 Å². The first kappa shape index (κ1) is 8.31. The van der Waals surface area contributed by atoms with Crippen LogP contribution in [-0.4, -0.2) is 21.0 Å². The van der Waals surface area contributed by atoms with Crippen molar-refractivity contribution in [1.82, 2.24) is 9.36 Å². The fourth-order valence-corrected chi connectivity index (χ4v) is 1.72. The summed E-state index contributed by atoms with van der Waals surface area (Å²) in [6, 6.07) is 0. The number of nitrogens with zero attached hydrogens (tertiary/aromatic N) is 4. The van der Waals surface area contributed by atoms with Gasteiger partial charge in [-0.3, -0.25) is 4.79 Å². The Morgan fingerprint density at radius 3 is 2.69 bits per heavy atom. The highest BCUT2D eigenvalue weighted by Gasteiger charge is 2.25. The Labute approximate surface area is 79.3 Å². The second-order valence-corrected chi connectivity index (χ2v) is 3.57. The maximum atomic E-state index is 11.3. The molecule has 68 valence electrons. The molecule has 1 aromatic rings. The van der Waals surface area contributed by atoms with Gasteiger partial charge in [0.05, 0.1) is 6.42 Å². The maximum Gasteiger partial charge on any atom is 0.255 e. The second-order valence-electron chi connectivity index (χ2n) is 2.84. The number of rotatable bonds is 1. The van der Waals surface area contributed by atoms with E-state index < -0.39 is 0 Å². The normalized spacial score (nSPS) is 16.6. The Kier molecular flexibility index (Phi) is 1.84. The van der Waals surface area contributed by atoms with Crippen molar-refractivity contribution in [2.24, 2.45) is 5.10 Å². The summed E-state index contributed by atoms with van der Waals surface area (Å²) < 4.78 is 3.99. The lowest BCUT2D eigenvalue weighted by atomic mass is 10.3. The highest BCUT2D eigenvalue weighted by Crippen LogP contribution is 2.21. The van der Waals surface area contributed by atoms with Gasteiger partial charge in [-0.15, -0.1) is 0 Å². The molecule has 0 N–H and O–H groups in total. The van der Waals surface area contributed by atoms with Gasteiger partial charge in [0.2, 0.25) is 5.13 Å². The van der Waals surface area contributed by atoms with Gasteiger partial charge in [-0.2, -0.15) is 14.5 Å². The van der Waals surface area contributed by atoms with Crippen LogP contribution in [0.1, 0.15) is 19.2 Å². The lowest BCUT2D eigenvalue weighted by Gasteiger charge is -2.04. The van der Waals surface area contributed by atoms with Gasteiger partial charge in [0.1, 0.15) is 5.82 Å². The first-order chi connectivity index (χ1) is 6.16. The molecule has 0 unspecified atom stereocenters. The van der Waals surface area contributed by atoms with Crippen molar-refractivity contribution in [1.29, 1.82) is 0 Å². The van der Waals surface area contributed by atoms with Gasteiger partial charge in [0.15, 0.2) is 0 Å². The average Bonchev–Trinajstić information content (AvgIpc) is 2.58. The van der Waals surface area contributed by atoms with E-state index in [1.54, 1.807) is 6.92 Å². The summed E-state index contributed by atoms with van der Waals surface area (Å²) in [4.78, 5) is 15.4. The minimum atomic E-state index is -0.0337. The highest BCUT2D eigenvalue weighted by atomic mass is 32.1. The molecule has 0 bridgehead atoms. The molecular formula is C7H8N4OS. The average molecular weight is 196 g/mol. The molecule has 0 aromatic carbocycles. The van der Waals surface area contributed by atoms with Crippen molar-refractivity contribution in [3.05, 3.63) is 5.82 Å². The number of aryl methyl sites for hydroxylation is 1. The van der Waals surface area contributed by atoms with Gasteiger partial charge in [0, 0.05) is 17.2 Å². The van der Waals surface area contributed by atoms with E-state index in [2.05, 4.69) is 14.5 Å². The Morgan fingerprint density at radius 2 is 2.23 bits per heavy atom. The Bertz CT molecular complexity index is 384. The van der Waals surface area contributed by atoms with Crippen molar-refractivity contribution in [3.8, 4) is 0 Å². The smallest absolute Gasteiger partial charge is 0.255 e. The number of carbonyl (C=O) groups excluding carboxylic acids is 1. The second kappa shape index (κ2) is 2.88. The molecule has 1 aliphatic heterocycles. The van der Waals surface area contributed by atoms with E-state index in [1.165, 1.54) is 16.5 Å². The van der Waals surface area contributed by atoms with Crippen molar-refractivity contribution in [2.75, 3.05) is 5.01 Å². The van der Waals surface area contributed by atoms with Crippen LogP contribution < -0.4 is 5.01 Å². The maximum absolute atomic E-state index is 11.3. The zero-order valence-corrected chi connectivity index (χ0v) is 8.13. The predicted molar refractivity (Wildman–Crippen MR) is 49.9 cm³/mol. The van der Waals surface area contributed by atoms with Crippen LogP contribution in [-0.2, 0) is 4.79 Å². The van der Waals surface area contributed by atoms with Crippen LogP contribution in [0.4, 0.5) is 5.13 Å². The fraction of sp³-hybridized carbons (Fsp3) is 0.429. The molecule has 0 aliphatic carbocycles. The van der Waals surface area contributed by atoms with Crippen LogP contribution >= 0.6 is 11.5 Å². The minimum Gasteiger partial charge on any atom is -0.272 e. The molecule has 0 saturated heterocycles. The molecule has 5 nitrogen and oxygen atoms in total. The summed E-state index contributed by atoms with van der Waals surface area (Å²) in [5.41, 5.74) is 0.817. The van der Waals surface area contributed by atoms with Crippen LogP contribution in [0.25, 0.3) is 0 Å². The Hall–Kier alpha value is -1.30. The van der Waals surface area contributed by atoms with Crippen molar-refractivity contribution < 1.29 is 4.79 Å². The van der Waals surface area contributed by atoms with Crippen LogP contribution in [0.2, 0.25) is 0 Å². The zero-order chi connectivity index (χ0) is 9.42. The number of hydrogen-bond donors (Lipinski definition) is 0. The number of aromatic nitrogens is 2. The fourth-order valence-electron chi connectivity index (χ4n) is 1.08. The molecule has 0 atom stereocenters. The number of carbonyl (C=O) groups is 1. The summed E-state index contributed by atoms with van der Waals surface area (Å²) in [5, 5.41) is 5.94. The molecule has 0 fully saturated rings. The van der Waals surface area contributed by atoms with E-state index in [9.17, 15) is 4.79 Å². The third kappa shape index (κ3) is 1.44. The molecule has 2 rings (SSSR count). The van der Waals surface area contributed by atoms with Crippen molar-refractivity contribution >= 4 is 28.3 Å². The Balaban J connectivity index is 2.32. The molecule has 0 spiro atoms. The van der Waals surface area contributed by atoms with E-state index in [1.807, 2.05) is 6.92 Å². The summed E-state index contributed by atoms with van der Waals surface area (Å²) in [7, 11) is 0. The molecule has 1 aliphatic rings. The minimum absolute atomic E-state index is 0.0337. The van der Waals surface area contributed by atoms with Crippen molar-refractivity contribution in [3.63, 3.8) is 0 Å². The van der Waals surface area contributed by atoms with Gasteiger partial charge in [-0.1, -0.05) is 0 Å². The largest absolute Gasteiger partial charge is 0.272 e. The first-order valence-corrected chi connectivity index (χ1v) is 4.61. The Morgan fingerprint density at radius 1 is 1.46 bits per heavy atom. The summed E-state index contributed by atoms with van der Waals surface area (Å²) in [5.74, 6) is 0.640. The SMILES string of the molecule is CC1=NN(c2nc(C)ns2)C(=O)C1. The molecule has 0 saturated carbocycles. The number of hydrogen-bond acceptors (Lipinski definition) is 5. The monoisotopic (exact) mass is 196 g/mol. The summed E-state index contributed by atoms with van der Waals surface area (Å²) in [6.07, 6.45) is 0.388. The summed E-state index contributed by atoms with van der Waals surface area (Å²) in [6.45, 7) is 3.61. The van der Waals surface area contributed by atoms with Crippen LogP contribution in [0.15, 0.2) is 5.10 Å². The van der Waals surface area contributed by atoms with Gasteiger partial charge in [0.25, 0.3) is 5.91 Å². The third-order valence-electron chi connectivity index (χ3n) is 1.61. The van der Waals surface area contributed by atoms with Crippen LogP contribution in [0.5, 0.6) is 0 Å². The predicted octanol–water partition coefficient (Wildman–Crippen LogP) is 0.959. The lowest BCUT2D eigenvalue weighted by Crippen LogP contribution is -2.19. The molecule has 1 amide bonds. The van der Waals surface area contributed by atoms with Gasteiger partial charge < -0.3 is 0 Å². The van der Waals surface area contributed by atoms with Crippen LogP contribution in [0, 0.1) is 6.92 Å². The topological polar surface area (TPSA) is 58.5 Å². The highest BCUT2D eigenvalue weighted by molar-refractivity contribution is 7.09. The number of hydrazone groups is 1. The summed E-state index contributed by atoms with van der Waals surface area (Å²) >= 11 is 1.19. The van der Waals surface area contributed by atoms with Crippen molar-refractivity contribution in [2.45, 2.75) is 20.3 Å². The van der Waals surface area contributed by atoms with Gasteiger partial charge >= 0.3 is 0 Å². The van der Waals surface area contributed by atoms with Gasteiger partial charge in [-0.25, -0.2) is 4.98 Å². The number of amides is 1. The third-order valence-corrected chi connectivity index (χ3v) is 2.40. The van der Waals surface area contributed by atoms with E-state index in [4.69, 9.17) is 0 Å². The molecule has 2 heterocycles. The molecular weight excluding hydrogens is 188 g/mol. The molecule has 13 heavy (non-hydrogen) atoms. The van der Waals surface area contributed by atoms with Gasteiger partial charge in [-0.05, 0) is 13.8 Å². The van der Waals surface area contributed by atoms with E-state index >= 15 is 0 Å². The number of anilines is 1. The first-order valence-electron chi connectivity index (χ1n) is 3.84. The van der Waals surface area contributed by atoms with Crippen LogP contribution in [0.3, 0.4) is 0 Å².